The molecule has 36 heavy (non-hydrogen) atoms. The van der Waals surface area contributed by atoms with E-state index in [1.54, 1.807) is 29.3 Å². The molecule has 2 unspecified atom stereocenters. The molecule has 186 valence electrons. The summed E-state index contributed by atoms with van der Waals surface area (Å²) in [7, 11) is 0. The summed E-state index contributed by atoms with van der Waals surface area (Å²) in [6.07, 6.45) is 9.57. The Bertz CT molecular complexity index is 1230. The van der Waals surface area contributed by atoms with Crippen LogP contribution in [0.3, 0.4) is 0 Å². The fourth-order valence-electron chi connectivity index (χ4n) is 5.74. The lowest BCUT2D eigenvalue weighted by Gasteiger charge is -2.32. The maximum absolute atomic E-state index is 13.7. The number of non-ortho nitro benzene ring substituents is 2. The molecule has 2 atom stereocenters. The van der Waals surface area contributed by atoms with Crippen LogP contribution in [0.4, 0.5) is 11.4 Å². The van der Waals surface area contributed by atoms with E-state index in [1.165, 1.54) is 24.3 Å². The van der Waals surface area contributed by atoms with Gasteiger partial charge in [-0.3, -0.25) is 25.0 Å². The Morgan fingerprint density at radius 2 is 1.47 bits per heavy atom. The van der Waals surface area contributed by atoms with Crippen LogP contribution in [0.2, 0.25) is 0 Å². The molecule has 0 spiro atoms. The van der Waals surface area contributed by atoms with Crippen LogP contribution in [0, 0.1) is 32.1 Å². The predicted molar refractivity (Wildman–Crippen MR) is 135 cm³/mol. The maximum atomic E-state index is 13.7. The van der Waals surface area contributed by atoms with Crippen molar-refractivity contribution in [3.8, 4) is 0 Å². The first kappa shape index (κ1) is 23.8. The SMILES string of the molecule is O=C(C1CCCCC1)N1N=C2/C(=C/c3ccc([N+](=O)[O-])cc3)CCCC2C1c1ccc([N+](=O)[O-])cc1. The van der Waals surface area contributed by atoms with E-state index in [0.29, 0.717) is 0 Å². The Morgan fingerprint density at radius 3 is 2.08 bits per heavy atom. The lowest BCUT2D eigenvalue weighted by Crippen LogP contribution is -2.36. The summed E-state index contributed by atoms with van der Waals surface area (Å²) in [5.74, 6) is -0.0161. The molecular weight excluding hydrogens is 460 g/mol. The first-order valence-corrected chi connectivity index (χ1v) is 12.5. The molecule has 0 saturated heterocycles. The Kier molecular flexibility index (Phi) is 6.63. The van der Waals surface area contributed by atoms with Gasteiger partial charge in [-0.25, -0.2) is 5.01 Å². The van der Waals surface area contributed by atoms with Crippen LogP contribution in [0.1, 0.15) is 68.5 Å². The highest BCUT2D eigenvalue weighted by Gasteiger charge is 2.45. The van der Waals surface area contributed by atoms with E-state index in [9.17, 15) is 25.0 Å². The van der Waals surface area contributed by atoms with Crippen molar-refractivity contribution in [1.29, 1.82) is 0 Å². The molecule has 2 aromatic rings. The summed E-state index contributed by atoms with van der Waals surface area (Å²) < 4.78 is 0. The number of benzene rings is 2. The summed E-state index contributed by atoms with van der Waals surface area (Å²) in [6.45, 7) is 0. The van der Waals surface area contributed by atoms with Crippen molar-refractivity contribution in [2.75, 3.05) is 0 Å². The van der Waals surface area contributed by atoms with Gasteiger partial charge in [0.15, 0.2) is 0 Å². The summed E-state index contributed by atoms with van der Waals surface area (Å²) >= 11 is 0. The average molecular weight is 489 g/mol. The van der Waals surface area contributed by atoms with Crippen LogP contribution >= 0.6 is 0 Å². The van der Waals surface area contributed by atoms with Crippen molar-refractivity contribution in [3.63, 3.8) is 0 Å². The van der Waals surface area contributed by atoms with Crippen molar-refractivity contribution in [1.82, 2.24) is 5.01 Å². The second-order valence-electron chi connectivity index (χ2n) is 9.81. The molecule has 9 heteroatoms. The number of amides is 1. The fraction of sp³-hybridized carbons (Fsp3) is 0.407. The van der Waals surface area contributed by atoms with Crippen LogP contribution in [-0.2, 0) is 4.79 Å². The number of hydrogen-bond acceptors (Lipinski definition) is 6. The zero-order valence-electron chi connectivity index (χ0n) is 19.9. The van der Waals surface area contributed by atoms with Crippen molar-refractivity contribution >= 4 is 29.1 Å². The third kappa shape index (κ3) is 4.65. The third-order valence-electron chi connectivity index (χ3n) is 7.57. The van der Waals surface area contributed by atoms with Gasteiger partial charge in [-0.1, -0.05) is 31.4 Å². The molecule has 2 aliphatic carbocycles. The van der Waals surface area contributed by atoms with E-state index in [-0.39, 0.29) is 35.2 Å². The lowest BCUT2D eigenvalue weighted by atomic mass is 9.77. The molecule has 2 aromatic carbocycles. The Labute approximate surface area is 208 Å². The van der Waals surface area contributed by atoms with Gasteiger partial charge in [0, 0.05) is 36.1 Å². The number of nitro groups is 2. The van der Waals surface area contributed by atoms with Crippen LogP contribution in [0.25, 0.3) is 6.08 Å². The highest BCUT2D eigenvalue weighted by Crippen LogP contribution is 2.46. The topological polar surface area (TPSA) is 119 Å². The smallest absolute Gasteiger partial charge is 0.269 e. The van der Waals surface area contributed by atoms with E-state index in [0.717, 1.165) is 73.8 Å². The number of nitrogens with zero attached hydrogens (tertiary/aromatic N) is 4. The zero-order valence-corrected chi connectivity index (χ0v) is 19.9. The van der Waals surface area contributed by atoms with Gasteiger partial charge in [0.05, 0.1) is 21.6 Å². The van der Waals surface area contributed by atoms with Gasteiger partial charge in [-0.2, -0.15) is 5.10 Å². The molecule has 3 aliphatic rings. The van der Waals surface area contributed by atoms with Gasteiger partial charge in [0.2, 0.25) is 5.91 Å². The molecule has 1 heterocycles. The van der Waals surface area contributed by atoms with Gasteiger partial charge in [0.1, 0.15) is 0 Å². The molecule has 9 nitrogen and oxygen atoms in total. The van der Waals surface area contributed by atoms with Crippen LogP contribution in [0.5, 0.6) is 0 Å². The minimum atomic E-state index is -0.420. The van der Waals surface area contributed by atoms with Crippen LogP contribution in [0.15, 0.2) is 59.2 Å². The average Bonchev–Trinajstić information content (AvgIpc) is 3.30. The van der Waals surface area contributed by atoms with Crippen LogP contribution in [-0.4, -0.2) is 26.5 Å². The Hall–Kier alpha value is -3.88. The summed E-state index contributed by atoms with van der Waals surface area (Å²) in [6, 6.07) is 12.6. The van der Waals surface area contributed by atoms with Gasteiger partial charge in [-0.05, 0) is 67.0 Å². The van der Waals surface area contributed by atoms with Crippen molar-refractivity contribution in [3.05, 3.63) is 85.5 Å². The maximum Gasteiger partial charge on any atom is 0.269 e. The van der Waals surface area contributed by atoms with E-state index in [2.05, 4.69) is 0 Å². The van der Waals surface area contributed by atoms with Crippen molar-refractivity contribution in [2.45, 2.75) is 57.4 Å². The van der Waals surface area contributed by atoms with Gasteiger partial charge in [-0.15, -0.1) is 0 Å². The highest BCUT2D eigenvalue weighted by molar-refractivity contribution is 6.08. The number of fused-ring (bicyclic) bond motifs is 1. The summed E-state index contributed by atoms with van der Waals surface area (Å²) in [5.41, 5.74) is 3.68. The number of hydrazone groups is 1. The van der Waals surface area contributed by atoms with Crippen molar-refractivity contribution < 1.29 is 14.6 Å². The summed E-state index contributed by atoms with van der Waals surface area (Å²) in [4.78, 5) is 35.1. The molecule has 1 aliphatic heterocycles. The minimum absolute atomic E-state index is 0.00274. The normalized spacial score (nSPS) is 23.3. The third-order valence-corrected chi connectivity index (χ3v) is 7.57. The Morgan fingerprint density at radius 1 is 0.861 bits per heavy atom. The molecule has 0 bridgehead atoms. The number of rotatable bonds is 5. The molecular formula is C27H28N4O5. The number of nitro benzene ring substituents is 2. The first-order chi connectivity index (χ1) is 17.4. The van der Waals surface area contributed by atoms with Gasteiger partial charge in [0.25, 0.3) is 11.4 Å². The molecule has 2 fully saturated rings. The van der Waals surface area contributed by atoms with E-state index >= 15 is 0 Å². The Balaban J connectivity index is 1.51. The molecule has 0 aromatic heterocycles. The molecule has 0 N–H and O–H groups in total. The quantitative estimate of drug-likeness (QED) is 0.366. The zero-order chi connectivity index (χ0) is 25.2. The van der Waals surface area contributed by atoms with Crippen molar-refractivity contribution in [2.24, 2.45) is 16.9 Å². The van der Waals surface area contributed by atoms with Gasteiger partial charge >= 0.3 is 0 Å². The monoisotopic (exact) mass is 488 g/mol. The molecule has 5 rings (SSSR count). The fourth-order valence-corrected chi connectivity index (χ4v) is 5.74. The largest absolute Gasteiger partial charge is 0.273 e. The van der Waals surface area contributed by atoms with Crippen LogP contribution < -0.4 is 0 Å². The minimum Gasteiger partial charge on any atom is -0.273 e. The molecule has 0 radical (unpaired) electrons. The number of carbonyl (C=O) groups is 1. The number of allylic oxidation sites excluding steroid dienone is 1. The standard InChI is InChI=1S/C27H28N4O5/c32-27(20-5-2-1-3-6-20)29-26(19-11-15-23(16-12-19)31(35)36)24-8-4-7-21(25(24)28-29)17-18-9-13-22(14-10-18)30(33)34/h9-17,20,24,26H,1-8H2/b21-17+. The van der Waals surface area contributed by atoms with E-state index in [1.807, 2.05) is 6.08 Å². The second kappa shape index (κ2) is 10.0. The molecule has 2 saturated carbocycles. The highest BCUT2D eigenvalue weighted by atomic mass is 16.6. The van der Waals surface area contributed by atoms with E-state index in [4.69, 9.17) is 5.10 Å². The van der Waals surface area contributed by atoms with E-state index < -0.39 is 9.85 Å². The number of hydrogen-bond donors (Lipinski definition) is 0. The first-order valence-electron chi connectivity index (χ1n) is 12.5. The molecule has 1 amide bonds. The predicted octanol–water partition coefficient (Wildman–Crippen LogP) is 6.21. The number of carbonyl (C=O) groups excluding carboxylic acids is 1. The summed E-state index contributed by atoms with van der Waals surface area (Å²) in [5, 5.41) is 28.8. The van der Waals surface area contributed by atoms with Gasteiger partial charge < -0.3 is 0 Å². The lowest BCUT2D eigenvalue weighted by molar-refractivity contribution is -0.385. The second-order valence-corrected chi connectivity index (χ2v) is 9.81.